The Balaban J connectivity index is 1.35. The van der Waals surface area contributed by atoms with Gasteiger partial charge in [0.25, 0.3) is 0 Å². The van der Waals surface area contributed by atoms with Gasteiger partial charge in [0.05, 0.1) is 6.42 Å². The molecule has 0 aliphatic carbocycles. The normalized spacial score (nSPS) is 19.8. The molecule has 28 heavy (non-hydrogen) atoms. The van der Waals surface area contributed by atoms with Gasteiger partial charge >= 0.3 is 5.63 Å². The Labute approximate surface area is 169 Å². The van der Waals surface area contributed by atoms with Crippen molar-refractivity contribution in [3.05, 3.63) is 45.8 Å². The first-order valence-corrected chi connectivity index (χ1v) is 11.4. The molecule has 1 aromatic heterocycles. The van der Waals surface area contributed by atoms with E-state index in [2.05, 4.69) is 22.0 Å². The zero-order valence-electron chi connectivity index (χ0n) is 16.4. The number of rotatable bonds is 4. The topological polar surface area (TPSA) is 62.6 Å². The van der Waals surface area contributed by atoms with Crippen molar-refractivity contribution in [2.24, 2.45) is 0 Å². The summed E-state index contributed by atoms with van der Waals surface area (Å²) in [7, 11) is 0. The molecular weight excluding hydrogens is 372 g/mol. The van der Waals surface area contributed by atoms with Crippen LogP contribution in [-0.4, -0.2) is 47.5 Å². The standard InChI is InChI=1S/C22H28N2O3S/c1-15-2-3-19-16(14-22(26)27-20(19)12-15)13-21(25)23-17-4-8-24(9-5-17)18-6-10-28-11-7-18/h2-3,12,14,17-18H,4-11,13H2,1H3,(H,23,25). The lowest BCUT2D eigenvalue weighted by Crippen LogP contribution is -2.49. The van der Waals surface area contributed by atoms with Gasteiger partial charge in [-0.15, -0.1) is 0 Å². The first kappa shape index (κ1) is 19.5. The van der Waals surface area contributed by atoms with E-state index in [9.17, 15) is 9.59 Å². The SMILES string of the molecule is Cc1ccc2c(CC(=O)NC3CCN(C4CCSCC4)CC3)cc(=O)oc2c1. The van der Waals surface area contributed by atoms with E-state index in [0.29, 0.717) is 5.58 Å². The zero-order valence-corrected chi connectivity index (χ0v) is 17.2. The minimum absolute atomic E-state index is 0.0139. The van der Waals surface area contributed by atoms with Crippen LogP contribution in [0.15, 0.2) is 33.5 Å². The Morgan fingerprint density at radius 1 is 1.18 bits per heavy atom. The summed E-state index contributed by atoms with van der Waals surface area (Å²) >= 11 is 2.06. The first-order valence-electron chi connectivity index (χ1n) is 10.2. The van der Waals surface area contributed by atoms with E-state index >= 15 is 0 Å². The molecule has 2 fully saturated rings. The summed E-state index contributed by atoms with van der Waals surface area (Å²) in [5.74, 6) is 2.54. The van der Waals surface area contributed by atoms with E-state index in [-0.39, 0.29) is 18.4 Å². The number of nitrogens with one attached hydrogen (secondary N) is 1. The van der Waals surface area contributed by atoms with Crippen molar-refractivity contribution in [2.75, 3.05) is 24.6 Å². The number of carbonyl (C=O) groups is 1. The molecule has 0 bridgehead atoms. The van der Waals surface area contributed by atoms with Gasteiger partial charge in [-0.3, -0.25) is 4.79 Å². The molecule has 150 valence electrons. The van der Waals surface area contributed by atoms with Gasteiger partial charge in [-0.2, -0.15) is 11.8 Å². The average molecular weight is 401 g/mol. The predicted octanol–water partition coefficient (Wildman–Crippen LogP) is 3.12. The highest BCUT2D eigenvalue weighted by Crippen LogP contribution is 2.25. The molecule has 2 aliphatic rings. The molecule has 0 unspecified atom stereocenters. The van der Waals surface area contributed by atoms with E-state index in [4.69, 9.17) is 4.42 Å². The van der Waals surface area contributed by atoms with Crippen molar-refractivity contribution in [2.45, 2.75) is 51.1 Å². The molecule has 1 aromatic carbocycles. The van der Waals surface area contributed by atoms with Crippen LogP contribution < -0.4 is 10.9 Å². The Kier molecular flexibility index (Phi) is 6.07. The maximum absolute atomic E-state index is 12.6. The molecule has 0 atom stereocenters. The molecule has 1 N–H and O–H groups in total. The number of nitrogens with zero attached hydrogens (tertiary/aromatic N) is 1. The number of carbonyl (C=O) groups excluding carboxylic acids is 1. The van der Waals surface area contributed by atoms with E-state index in [0.717, 1.165) is 48.5 Å². The van der Waals surface area contributed by atoms with Crippen LogP contribution in [0.3, 0.4) is 0 Å². The number of likely N-dealkylation sites (tertiary alicyclic amines) is 1. The first-order chi connectivity index (χ1) is 13.6. The number of hydrogen-bond donors (Lipinski definition) is 1. The Morgan fingerprint density at radius 3 is 2.68 bits per heavy atom. The van der Waals surface area contributed by atoms with Crippen molar-refractivity contribution in [3.8, 4) is 0 Å². The third-order valence-electron chi connectivity index (χ3n) is 5.94. The van der Waals surface area contributed by atoms with Gasteiger partial charge < -0.3 is 14.6 Å². The smallest absolute Gasteiger partial charge is 0.336 e. The fourth-order valence-electron chi connectivity index (χ4n) is 4.39. The highest BCUT2D eigenvalue weighted by Gasteiger charge is 2.27. The molecule has 0 spiro atoms. The van der Waals surface area contributed by atoms with Crippen molar-refractivity contribution >= 4 is 28.6 Å². The Hall–Kier alpha value is -1.79. The number of amides is 1. The molecule has 0 saturated carbocycles. The maximum Gasteiger partial charge on any atom is 0.336 e. The lowest BCUT2D eigenvalue weighted by Gasteiger charge is -2.39. The Morgan fingerprint density at radius 2 is 1.93 bits per heavy atom. The van der Waals surface area contributed by atoms with Crippen LogP contribution in [-0.2, 0) is 11.2 Å². The quantitative estimate of drug-likeness (QED) is 0.799. The van der Waals surface area contributed by atoms with Gasteiger partial charge in [0.1, 0.15) is 5.58 Å². The molecule has 1 amide bonds. The summed E-state index contributed by atoms with van der Waals surface area (Å²) in [5, 5.41) is 4.02. The number of thioether (sulfide) groups is 1. The minimum Gasteiger partial charge on any atom is -0.423 e. The zero-order chi connectivity index (χ0) is 19.5. The fourth-order valence-corrected chi connectivity index (χ4v) is 5.48. The van der Waals surface area contributed by atoms with Crippen LogP contribution in [0, 0.1) is 6.92 Å². The van der Waals surface area contributed by atoms with Gasteiger partial charge in [0.15, 0.2) is 0 Å². The van der Waals surface area contributed by atoms with E-state index in [1.54, 1.807) is 0 Å². The molecule has 4 rings (SSSR count). The summed E-state index contributed by atoms with van der Waals surface area (Å²) in [4.78, 5) is 27.1. The summed E-state index contributed by atoms with van der Waals surface area (Å²) in [6.07, 6.45) is 4.82. The molecule has 6 heteroatoms. The molecule has 2 aromatic rings. The number of aryl methyl sites for hydroxylation is 1. The molecule has 2 aliphatic heterocycles. The lowest BCUT2D eigenvalue weighted by atomic mass is 10.00. The molecular formula is C22H28N2O3S. The monoisotopic (exact) mass is 400 g/mol. The molecule has 3 heterocycles. The van der Waals surface area contributed by atoms with Crippen LogP contribution in [0.1, 0.15) is 36.8 Å². The van der Waals surface area contributed by atoms with Crippen LogP contribution >= 0.6 is 11.8 Å². The summed E-state index contributed by atoms with van der Waals surface area (Å²) in [5.41, 5.74) is 1.91. The summed E-state index contributed by atoms with van der Waals surface area (Å²) in [6, 6.07) is 8.16. The minimum atomic E-state index is -0.403. The third kappa shape index (κ3) is 4.61. The Bertz CT molecular complexity index is 896. The predicted molar refractivity (Wildman–Crippen MR) is 114 cm³/mol. The van der Waals surface area contributed by atoms with Crippen LogP contribution in [0.25, 0.3) is 11.0 Å². The van der Waals surface area contributed by atoms with Crippen LogP contribution in [0.4, 0.5) is 0 Å². The van der Waals surface area contributed by atoms with E-state index < -0.39 is 5.63 Å². The van der Waals surface area contributed by atoms with Crippen molar-refractivity contribution < 1.29 is 9.21 Å². The second-order valence-corrected chi connectivity index (χ2v) is 9.21. The van der Waals surface area contributed by atoms with Gasteiger partial charge in [0.2, 0.25) is 5.91 Å². The van der Waals surface area contributed by atoms with E-state index in [1.807, 2.05) is 25.1 Å². The molecule has 0 radical (unpaired) electrons. The maximum atomic E-state index is 12.6. The van der Waals surface area contributed by atoms with Crippen LogP contribution in [0.5, 0.6) is 0 Å². The second kappa shape index (κ2) is 8.70. The molecule has 2 saturated heterocycles. The second-order valence-electron chi connectivity index (χ2n) is 7.99. The lowest BCUT2D eigenvalue weighted by molar-refractivity contribution is -0.121. The number of benzene rings is 1. The van der Waals surface area contributed by atoms with Gasteiger partial charge in [-0.1, -0.05) is 12.1 Å². The highest BCUT2D eigenvalue weighted by molar-refractivity contribution is 7.99. The average Bonchev–Trinajstić information content (AvgIpc) is 2.68. The van der Waals surface area contributed by atoms with Crippen LogP contribution in [0.2, 0.25) is 0 Å². The van der Waals surface area contributed by atoms with Gasteiger partial charge in [-0.25, -0.2) is 4.79 Å². The van der Waals surface area contributed by atoms with Crippen molar-refractivity contribution in [1.82, 2.24) is 10.2 Å². The van der Waals surface area contributed by atoms with Crippen molar-refractivity contribution in [1.29, 1.82) is 0 Å². The van der Waals surface area contributed by atoms with E-state index in [1.165, 1.54) is 30.4 Å². The fraction of sp³-hybridized carbons (Fsp3) is 0.545. The summed E-state index contributed by atoms with van der Waals surface area (Å²) in [6.45, 7) is 4.09. The van der Waals surface area contributed by atoms with Crippen molar-refractivity contribution in [3.63, 3.8) is 0 Å². The third-order valence-corrected chi connectivity index (χ3v) is 6.99. The number of piperidine rings is 1. The largest absolute Gasteiger partial charge is 0.423 e. The highest BCUT2D eigenvalue weighted by atomic mass is 32.2. The molecule has 5 nitrogen and oxygen atoms in total. The number of hydrogen-bond acceptors (Lipinski definition) is 5. The van der Waals surface area contributed by atoms with Gasteiger partial charge in [0, 0.05) is 36.6 Å². The summed E-state index contributed by atoms with van der Waals surface area (Å²) < 4.78 is 5.29. The van der Waals surface area contributed by atoms with Gasteiger partial charge in [-0.05, 0) is 61.3 Å². The number of fused-ring (bicyclic) bond motifs is 1.